The van der Waals surface area contributed by atoms with Gasteiger partial charge in [0, 0.05) is 11.1 Å². The van der Waals surface area contributed by atoms with Crippen molar-refractivity contribution in [2.75, 3.05) is 0 Å². The van der Waals surface area contributed by atoms with E-state index in [0.29, 0.717) is 5.56 Å². The van der Waals surface area contributed by atoms with E-state index in [1.54, 1.807) is 6.07 Å². The first-order chi connectivity index (χ1) is 8.49. The molecule has 0 fully saturated rings. The van der Waals surface area contributed by atoms with Gasteiger partial charge in [0.2, 0.25) is 0 Å². The Morgan fingerprint density at radius 3 is 2.28 bits per heavy atom. The minimum Gasteiger partial charge on any atom is -0.289 e. The lowest BCUT2D eigenvalue weighted by molar-refractivity contribution is 0.103. The summed E-state index contributed by atoms with van der Waals surface area (Å²) in [6.45, 7) is 3.75. The van der Waals surface area contributed by atoms with E-state index in [2.05, 4.69) is 0 Å². The number of benzene rings is 2. The van der Waals surface area contributed by atoms with Crippen molar-refractivity contribution >= 4 is 5.78 Å². The molecule has 3 heteroatoms. The van der Waals surface area contributed by atoms with Crippen LogP contribution in [0.15, 0.2) is 36.4 Å². The van der Waals surface area contributed by atoms with Crippen LogP contribution in [0.5, 0.6) is 0 Å². The Kier molecular flexibility index (Phi) is 3.24. The van der Waals surface area contributed by atoms with E-state index in [9.17, 15) is 13.6 Å². The van der Waals surface area contributed by atoms with Gasteiger partial charge in [0.25, 0.3) is 0 Å². The highest BCUT2D eigenvalue weighted by Crippen LogP contribution is 2.17. The summed E-state index contributed by atoms with van der Waals surface area (Å²) < 4.78 is 25.9. The van der Waals surface area contributed by atoms with Crippen LogP contribution in [-0.4, -0.2) is 5.78 Å². The molecule has 0 saturated carbocycles. The molecule has 92 valence electrons. The van der Waals surface area contributed by atoms with E-state index in [0.717, 1.165) is 23.3 Å². The summed E-state index contributed by atoms with van der Waals surface area (Å²) in [5.41, 5.74) is 2.53. The van der Waals surface area contributed by atoms with Crippen LogP contribution >= 0.6 is 0 Å². The molecule has 0 aliphatic rings. The lowest BCUT2D eigenvalue weighted by atomic mass is 9.97. The van der Waals surface area contributed by atoms with Crippen molar-refractivity contribution in [2.24, 2.45) is 0 Å². The quantitative estimate of drug-likeness (QED) is 0.736. The van der Waals surface area contributed by atoms with Crippen LogP contribution in [-0.2, 0) is 0 Å². The maximum Gasteiger partial charge on any atom is 0.193 e. The van der Waals surface area contributed by atoms with Gasteiger partial charge < -0.3 is 0 Å². The number of aryl methyl sites for hydroxylation is 2. The van der Waals surface area contributed by atoms with E-state index < -0.39 is 11.6 Å². The molecule has 18 heavy (non-hydrogen) atoms. The Bertz CT molecular complexity index is 618. The van der Waals surface area contributed by atoms with Crippen LogP contribution in [0.3, 0.4) is 0 Å². The predicted molar refractivity (Wildman–Crippen MR) is 65.7 cm³/mol. The fourth-order valence-corrected chi connectivity index (χ4v) is 1.86. The molecule has 0 unspecified atom stereocenters. The molecule has 0 aromatic heterocycles. The molecular weight excluding hydrogens is 234 g/mol. The van der Waals surface area contributed by atoms with Crippen LogP contribution in [0.25, 0.3) is 0 Å². The Balaban J connectivity index is 2.44. The molecule has 0 radical (unpaired) electrons. The maximum atomic E-state index is 13.1. The molecule has 0 heterocycles. The van der Waals surface area contributed by atoms with Gasteiger partial charge in [-0.1, -0.05) is 23.8 Å². The lowest BCUT2D eigenvalue weighted by Gasteiger charge is -2.06. The first-order valence-electron chi connectivity index (χ1n) is 5.56. The van der Waals surface area contributed by atoms with Gasteiger partial charge in [-0.15, -0.1) is 0 Å². The summed E-state index contributed by atoms with van der Waals surface area (Å²) in [6, 6.07) is 8.59. The van der Waals surface area contributed by atoms with Crippen LogP contribution in [0.2, 0.25) is 0 Å². The van der Waals surface area contributed by atoms with Gasteiger partial charge in [-0.3, -0.25) is 4.79 Å². The highest BCUT2D eigenvalue weighted by atomic mass is 19.2. The molecule has 0 N–H and O–H groups in total. The van der Waals surface area contributed by atoms with E-state index in [1.165, 1.54) is 6.07 Å². The molecule has 0 saturated heterocycles. The van der Waals surface area contributed by atoms with Gasteiger partial charge >= 0.3 is 0 Å². The van der Waals surface area contributed by atoms with Crippen LogP contribution in [0.4, 0.5) is 8.78 Å². The summed E-state index contributed by atoms with van der Waals surface area (Å²) in [7, 11) is 0. The molecule has 0 amide bonds. The lowest BCUT2D eigenvalue weighted by Crippen LogP contribution is -2.05. The number of carbonyl (C=O) groups excluding carboxylic acids is 1. The third-order valence-electron chi connectivity index (χ3n) is 2.81. The van der Waals surface area contributed by atoms with Crippen molar-refractivity contribution in [3.63, 3.8) is 0 Å². The van der Waals surface area contributed by atoms with Crippen LogP contribution in [0, 0.1) is 25.5 Å². The Morgan fingerprint density at radius 1 is 0.944 bits per heavy atom. The molecule has 0 bridgehead atoms. The van der Waals surface area contributed by atoms with Gasteiger partial charge in [0.1, 0.15) is 0 Å². The monoisotopic (exact) mass is 246 g/mol. The zero-order valence-corrected chi connectivity index (χ0v) is 10.1. The predicted octanol–water partition coefficient (Wildman–Crippen LogP) is 3.81. The fraction of sp³-hybridized carbons (Fsp3) is 0.133. The zero-order chi connectivity index (χ0) is 13.3. The highest BCUT2D eigenvalue weighted by Gasteiger charge is 2.13. The second-order valence-electron chi connectivity index (χ2n) is 4.28. The molecule has 2 aromatic carbocycles. The van der Waals surface area contributed by atoms with E-state index in [4.69, 9.17) is 0 Å². The topological polar surface area (TPSA) is 17.1 Å². The molecule has 0 atom stereocenters. The van der Waals surface area contributed by atoms with Crippen molar-refractivity contribution < 1.29 is 13.6 Å². The second-order valence-corrected chi connectivity index (χ2v) is 4.28. The normalized spacial score (nSPS) is 10.4. The van der Waals surface area contributed by atoms with Crippen LogP contribution < -0.4 is 0 Å². The van der Waals surface area contributed by atoms with E-state index in [1.807, 2.05) is 26.0 Å². The Morgan fingerprint density at radius 2 is 1.67 bits per heavy atom. The number of halogens is 2. The molecule has 2 rings (SSSR count). The number of ketones is 1. The average Bonchev–Trinajstić information content (AvgIpc) is 2.32. The number of carbonyl (C=O) groups is 1. The number of hydrogen-bond acceptors (Lipinski definition) is 1. The SMILES string of the molecule is Cc1ccc(C(=O)c2ccc(F)c(F)c2)c(C)c1. The zero-order valence-electron chi connectivity index (χ0n) is 10.1. The van der Waals surface area contributed by atoms with Crippen molar-refractivity contribution in [3.8, 4) is 0 Å². The van der Waals surface area contributed by atoms with Crippen molar-refractivity contribution in [3.05, 3.63) is 70.3 Å². The standard InChI is InChI=1S/C15H12F2O/c1-9-3-5-12(10(2)7-9)15(18)11-4-6-13(16)14(17)8-11/h3-8H,1-2H3. The minimum atomic E-state index is -1.01. The van der Waals surface area contributed by atoms with Gasteiger partial charge in [-0.2, -0.15) is 0 Å². The van der Waals surface area contributed by atoms with Crippen molar-refractivity contribution in [1.29, 1.82) is 0 Å². The fourth-order valence-electron chi connectivity index (χ4n) is 1.86. The summed E-state index contributed by atoms with van der Waals surface area (Å²) in [5, 5.41) is 0. The first kappa shape index (κ1) is 12.4. The molecule has 0 spiro atoms. The van der Waals surface area contributed by atoms with Gasteiger partial charge in [0.15, 0.2) is 17.4 Å². The first-order valence-corrected chi connectivity index (χ1v) is 5.56. The summed E-state index contributed by atoms with van der Waals surface area (Å²) in [6.07, 6.45) is 0. The average molecular weight is 246 g/mol. The summed E-state index contributed by atoms with van der Waals surface area (Å²) in [4.78, 5) is 12.2. The van der Waals surface area contributed by atoms with Crippen molar-refractivity contribution in [1.82, 2.24) is 0 Å². The molecule has 2 aromatic rings. The smallest absolute Gasteiger partial charge is 0.193 e. The van der Waals surface area contributed by atoms with E-state index >= 15 is 0 Å². The van der Waals surface area contributed by atoms with Crippen molar-refractivity contribution in [2.45, 2.75) is 13.8 Å². The number of hydrogen-bond donors (Lipinski definition) is 0. The van der Waals surface area contributed by atoms with Crippen LogP contribution in [0.1, 0.15) is 27.0 Å². The number of rotatable bonds is 2. The van der Waals surface area contributed by atoms with Gasteiger partial charge in [0.05, 0.1) is 0 Å². The minimum absolute atomic E-state index is 0.154. The molecule has 0 aliphatic carbocycles. The molecule has 0 aliphatic heterocycles. The molecule has 1 nitrogen and oxygen atoms in total. The summed E-state index contributed by atoms with van der Waals surface area (Å²) in [5.74, 6) is -2.26. The maximum absolute atomic E-state index is 13.1. The Hall–Kier alpha value is -2.03. The third kappa shape index (κ3) is 2.30. The second kappa shape index (κ2) is 4.69. The molecular formula is C15H12F2O. The summed E-state index contributed by atoms with van der Waals surface area (Å²) >= 11 is 0. The Labute approximate surface area is 104 Å². The van der Waals surface area contributed by atoms with Gasteiger partial charge in [-0.05, 0) is 37.6 Å². The highest BCUT2D eigenvalue weighted by molar-refractivity contribution is 6.09. The van der Waals surface area contributed by atoms with Gasteiger partial charge in [-0.25, -0.2) is 8.78 Å². The third-order valence-corrected chi connectivity index (χ3v) is 2.81. The van der Waals surface area contributed by atoms with E-state index in [-0.39, 0.29) is 11.3 Å². The largest absolute Gasteiger partial charge is 0.289 e.